The summed E-state index contributed by atoms with van der Waals surface area (Å²) >= 11 is 0. The van der Waals surface area contributed by atoms with Crippen molar-refractivity contribution < 1.29 is 14.7 Å². The molecule has 1 aromatic rings. The first-order valence-electron chi connectivity index (χ1n) is 7.00. The molecule has 0 aromatic carbocycles. The van der Waals surface area contributed by atoms with E-state index in [0.29, 0.717) is 18.1 Å². The van der Waals surface area contributed by atoms with E-state index in [1.54, 1.807) is 6.07 Å². The van der Waals surface area contributed by atoms with Crippen LogP contribution in [0.2, 0.25) is 0 Å². The number of carboxylic acids is 1. The van der Waals surface area contributed by atoms with Gasteiger partial charge >= 0.3 is 5.97 Å². The summed E-state index contributed by atoms with van der Waals surface area (Å²) < 4.78 is 0. The van der Waals surface area contributed by atoms with Gasteiger partial charge in [-0.2, -0.15) is 0 Å². The van der Waals surface area contributed by atoms with Gasteiger partial charge < -0.3 is 15.7 Å². The summed E-state index contributed by atoms with van der Waals surface area (Å²) in [5.74, 6) is -0.760. The van der Waals surface area contributed by atoms with Gasteiger partial charge in [-0.25, -0.2) is 9.78 Å². The van der Waals surface area contributed by atoms with Crippen LogP contribution >= 0.6 is 0 Å². The lowest BCUT2D eigenvalue weighted by Gasteiger charge is -2.19. The molecule has 1 rings (SSSR count). The number of nitrogens with zero attached hydrogens (tertiary/aromatic N) is 1. The largest absolute Gasteiger partial charge is 0.478 e. The number of anilines is 1. The number of aromatic nitrogens is 1. The number of pyridine rings is 1. The molecule has 0 spiro atoms. The number of carbonyl (C=O) groups excluding carboxylic acids is 1. The van der Waals surface area contributed by atoms with Crippen LogP contribution in [0, 0.1) is 0 Å². The highest BCUT2D eigenvalue weighted by atomic mass is 16.4. The minimum absolute atomic E-state index is 0.0691. The maximum Gasteiger partial charge on any atom is 0.335 e. The van der Waals surface area contributed by atoms with E-state index in [1.807, 2.05) is 27.7 Å². The lowest BCUT2D eigenvalue weighted by Crippen LogP contribution is -2.30. The second-order valence-corrected chi connectivity index (χ2v) is 5.88. The van der Waals surface area contributed by atoms with Crippen LogP contribution in [0.1, 0.15) is 50.2 Å². The summed E-state index contributed by atoms with van der Waals surface area (Å²) in [4.78, 5) is 27.1. The van der Waals surface area contributed by atoms with Crippen LogP contribution in [0.15, 0.2) is 12.1 Å². The average Bonchev–Trinajstić information content (AvgIpc) is 2.41. The lowest BCUT2D eigenvalue weighted by molar-refractivity contribution is -0.119. The first-order chi connectivity index (χ1) is 9.74. The summed E-state index contributed by atoms with van der Waals surface area (Å²) in [5, 5.41) is 14.8. The number of rotatable bonds is 6. The Labute approximate surface area is 125 Å². The van der Waals surface area contributed by atoms with Gasteiger partial charge in [0.1, 0.15) is 5.82 Å². The molecule has 0 aliphatic rings. The summed E-state index contributed by atoms with van der Waals surface area (Å²) in [6, 6.07) is 3.00. The first kappa shape index (κ1) is 16.9. The van der Waals surface area contributed by atoms with E-state index in [4.69, 9.17) is 5.11 Å². The minimum Gasteiger partial charge on any atom is -0.478 e. The molecule has 6 nitrogen and oxygen atoms in total. The molecule has 6 heteroatoms. The van der Waals surface area contributed by atoms with Crippen LogP contribution in [0.25, 0.3) is 0 Å². The third-order valence-corrected chi connectivity index (χ3v) is 2.84. The number of amides is 1. The molecule has 21 heavy (non-hydrogen) atoms. The van der Waals surface area contributed by atoms with Gasteiger partial charge in [0.15, 0.2) is 0 Å². The standard InChI is InChI=1S/C15H23N3O3/c1-5-6-16-13(19)9-17-12-8-10(14(20)21)7-11(18-12)15(2,3)4/h7-8H,5-6,9H2,1-4H3,(H,16,19)(H,17,18)(H,20,21). The van der Waals surface area contributed by atoms with E-state index < -0.39 is 5.97 Å². The van der Waals surface area contributed by atoms with E-state index in [-0.39, 0.29) is 23.4 Å². The zero-order chi connectivity index (χ0) is 16.0. The van der Waals surface area contributed by atoms with Gasteiger partial charge in [-0.05, 0) is 18.6 Å². The molecule has 0 aliphatic carbocycles. The third-order valence-electron chi connectivity index (χ3n) is 2.84. The second-order valence-electron chi connectivity index (χ2n) is 5.88. The predicted molar refractivity (Wildman–Crippen MR) is 81.7 cm³/mol. The fourth-order valence-electron chi connectivity index (χ4n) is 1.63. The quantitative estimate of drug-likeness (QED) is 0.746. The van der Waals surface area contributed by atoms with Crippen molar-refractivity contribution in [3.05, 3.63) is 23.4 Å². The molecule has 1 amide bonds. The Kier molecular flexibility index (Phi) is 5.69. The van der Waals surface area contributed by atoms with E-state index in [1.165, 1.54) is 6.07 Å². The summed E-state index contributed by atoms with van der Waals surface area (Å²) in [5.41, 5.74) is 0.553. The highest BCUT2D eigenvalue weighted by Crippen LogP contribution is 2.23. The van der Waals surface area contributed by atoms with Gasteiger partial charge in [0.05, 0.1) is 12.1 Å². The highest BCUT2D eigenvalue weighted by Gasteiger charge is 2.19. The SMILES string of the molecule is CCCNC(=O)CNc1cc(C(=O)O)cc(C(C)(C)C)n1. The highest BCUT2D eigenvalue weighted by molar-refractivity contribution is 5.89. The fraction of sp³-hybridized carbons (Fsp3) is 0.533. The van der Waals surface area contributed by atoms with Gasteiger partial charge in [-0.1, -0.05) is 27.7 Å². The number of carboxylic acid groups (broad SMARTS) is 1. The zero-order valence-electron chi connectivity index (χ0n) is 13.0. The molecule has 0 radical (unpaired) electrons. The molecule has 0 fully saturated rings. The Bertz CT molecular complexity index is 521. The van der Waals surface area contributed by atoms with Crippen molar-refractivity contribution in [2.75, 3.05) is 18.4 Å². The molecule has 0 aliphatic heterocycles. The molecule has 0 saturated heterocycles. The molecule has 0 bridgehead atoms. The van der Waals surface area contributed by atoms with Gasteiger partial charge in [0.2, 0.25) is 5.91 Å². The maximum absolute atomic E-state index is 11.6. The molecular formula is C15H23N3O3. The van der Waals surface area contributed by atoms with Crippen LogP contribution < -0.4 is 10.6 Å². The topological polar surface area (TPSA) is 91.3 Å². The number of hydrogen-bond acceptors (Lipinski definition) is 4. The van der Waals surface area contributed by atoms with Gasteiger partial charge in [0.25, 0.3) is 0 Å². The van der Waals surface area contributed by atoms with Crippen molar-refractivity contribution in [1.29, 1.82) is 0 Å². The van der Waals surface area contributed by atoms with E-state index in [9.17, 15) is 9.59 Å². The first-order valence-corrected chi connectivity index (χ1v) is 7.00. The summed E-state index contributed by atoms with van der Waals surface area (Å²) in [6.45, 7) is 8.54. The molecule has 0 saturated carbocycles. The number of aromatic carboxylic acids is 1. The fourth-order valence-corrected chi connectivity index (χ4v) is 1.63. The maximum atomic E-state index is 11.6. The summed E-state index contributed by atoms with van der Waals surface area (Å²) in [7, 11) is 0. The minimum atomic E-state index is -1.01. The van der Waals surface area contributed by atoms with Gasteiger partial charge in [-0.15, -0.1) is 0 Å². The molecule has 116 valence electrons. The van der Waals surface area contributed by atoms with E-state index in [2.05, 4.69) is 15.6 Å². The average molecular weight is 293 g/mol. The lowest BCUT2D eigenvalue weighted by atomic mass is 9.91. The molecule has 1 aromatic heterocycles. The monoisotopic (exact) mass is 293 g/mol. The van der Waals surface area contributed by atoms with Crippen molar-refractivity contribution in [2.24, 2.45) is 0 Å². The van der Waals surface area contributed by atoms with Crippen molar-refractivity contribution in [3.63, 3.8) is 0 Å². The van der Waals surface area contributed by atoms with Crippen molar-refractivity contribution in [3.8, 4) is 0 Å². The Morgan fingerprint density at radius 1 is 1.29 bits per heavy atom. The Balaban J connectivity index is 2.89. The molecule has 0 atom stereocenters. The predicted octanol–water partition coefficient (Wildman–Crippen LogP) is 2.02. The van der Waals surface area contributed by atoms with Gasteiger partial charge in [0, 0.05) is 17.7 Å². The zero-order valence-corrected chi connectivity index (χ0v) is 13.0. The Hall–Kier alpha value is -2.11. The van der Waals surface area contributed by atoms with Crippen molar-refractivity contribution in [1.82, 2.24) is 10.3 Å². The number of hydrogen-bond donors (Lipinski definition) is 3. The second kappa shape index (κ2) is 7.06. The van der Waals surface area contributed by atoms with Gasteiger partial charge in [-0.3, -0.25) is 4.79 Å². The van der Waals surface area contributed by atoms with Crippen molar-refractivity contribution in [2.45, 2.75) is 39.5 Å². The van der Waals surface area contributed by atoms with Crippen LogP contribution in [0.4, 0.5) is 5.82 Å². The molecule has 1 heterocycles. The van der Waals surface area contributed by atoms with E-state index >= 15 is 0 Å². The van der Waals surface area contributed by atoms with Crippen LogP contribution in [0.3, 0.4) is 0 Å². The van der Waals surface area contributed by atoms with Crippen molar-refractivity contribution >= 4 is 17.7 Å². The number of nitrogens with one attached hydrogen (secondary N) is 2. The Morgan fingerprint density at radius 3 is 2.48 bits per heavy atom. The summed E-state index contributed by atoms with van der Waals surface area (Å²) in [6.07, 6.45) is 0.868. The molecular weight excluding hydrogens is 270 g/mol. The molecule has 3 N–H and O–H groups in total. The number of carbonyl (C=O) groups is 2. The van der Waals surface area contributed by atoms with Crippen LogP contribution in [-0.4, -0.2) is 35.1 Å². The van der Waals surface area contributed by atoms with Crippen LogP contribution in [0.5, 0.6) is 0 Å². The smallest absolute Gasteiger partial charge is 0.335 e. The Morgan fingerprint density at radius 2 is 1.95 bits per heavy atom. The van der Waals surface area contributed by atoms with Crippen LogP contribution in [-0.2, 0) is 10.2 Å². The third kappa shape index (κ3) is 5.41. The molecule has 0 unspecified atom stereocenters. The normalized spacial score (nSPS) is 11.0. The van der Waals surface area contributed by atoms with E-state index in [0.717, 1.165) is 6.42 Å².